The second-order valence-corrected chi connectivity index (χ2v) is 7.36. The predicted molar refractivity (Wildman–Crippen MR) is 109 cm³/mol. The normalized spacial score (nSPS) is 17.5. The lowest BCUT2D eigenvalue weighted by Crippen LogP contribution is -2.24. The summed E-state index contributed by atoms with van der Waals surface area (Å²) in [4.78, 5) is 11.9. The van der Waals surface area contributed by atoms with Crippen LogP contribution in [0.15, 0.2) is 18.2 Å². The second-order valence-electron chi connectivity index (χ2n) is 5.08. The number of ether oxygens (including phenoxy) is 2. The molecule has 1 aromatic rings. The molecule has 7 heteroatoms. The zero-order valence-corrected chi connectivity index (χ0v) is 18.8. The Labute approximate surface area is 164 Å². The molecular formula is C20H35O6P. The summed E-state index contributed by atoms with van der Waals surface area (Å²) in [6, 6.07) is 5.04. The first-order valence-electron chi connectivity index (χ1n) is 9.80. The van der Waals surface area contributed by atoms with Gasteiger partial charge in [-0.1, -0.05) is 41.5 Å². The highest BCUT2D eigenvalue weighted by Crippen LogP contribution is 2.63. The van der Waals surface area contributed by atoms with Gasteiger partial charge in [0.05, 0.1) is 11.7 Å². The fourth-order valence-corrected chi connectivity index (χ4v) is 3.73. The molecule has 2 aliphatic rings. The van der Waals surface area contributed by atoms with Crippen molar-refractivity contribution in [1.29, 1.82) is 0 Å². The second kappa shape index (κ2) is 12.9. The number of hydrogen-bond acceptors (Lipinski definition) is 6. The number of esters is 1. The molecule has 1 atom stereocenters. The Kier molecular flexibility index (Phi) is 12.3. The van der Waals surface area contributed by atoms with Gasteiger partial charge >= 0.3 is 13.6 Å². The van der Waals surface area contributed by atoms with E-state index in [9.17, 15) is 9.36 Å². The van der Waals surface area contributed by atoms with Gasteiger partial charge in [-0.2, -0.15) is 0 Å². The average molecular weight is 402 g/mol. The van der Waals surface area contributed by atoms with Crippen LogP contribution in [-0.4, -0.2) is 26.3 Å². The van der Waals surface area contributed by atoms with Crippen molar-refractivity contribution in [3.63, 3.8) is 0 Å². The van der Waals surface area contributed by atoms with Crippen LogP contribution in [0.2, 0.25) is 0 Å². The predicted octanol–water partition coefficient (Wildman–Crippen LogP) is 6.35. The van der Waals surface area contributed by atoms with Crippen molar-refractivity contribution in [3.05, 3.63) is 29.3 Å². The van der Waals surface area contributed by atoms with Crippen LogP contribution >= 0.6 is 7.60 Å². The summed E-state index contributed by atoms with van der Waals surface area (Å²) in [7, 11) is -1.01. The van der Waals surface area contributed by atoms with E-state index in [0.29, 0.717) is 16.9 Å². The number of rotatable bonds is 5. The molecule has 1 unspecified atom stereocenters. The molecule has 1 saturated carbocycles. The minimum atomic E-state index is -3.54. The zero-order chi connectivity index (χ0) is 21.0. The zero-order valence-electron chi connectivity index (χ0n) is 17.9. The third kappa shape index (κ3) is 6.06. The molecule has 0 radical (unpaired) electrons. The monoisotopic (exact) mass is 402 g/mol. The smallest absolute Gasteiger partial charge is 0.375 e. The van der Waals surface area contributed by atoms with Gasteiger partial charge in [0.25, 0.3) is 0 Å². The van der Waals surface area contributed by atoms with Crippen molar-refractivity contribution in [2.24, 2.45) is 0 Å². The summed E-state index contributed by atoms with van der Waals surface area (Å²) < 4.78 is 33.4. The van der Waals surface area contributed by atoms with Gasteiger partial charge in [0.15, 0.2) is 0 Å². The van der Waals surface area contributed by atoms with Crippen molar-refractivity contribution < 1.29 is 27.9 Å². The van der Waals surface area contributed by atoms with Gasteiger partial charge in [0, 0.05) is 19.8 Å². The third-order valence-electron chi connectivity index (χ3n) is 3.88. The molecule has 0 spiro atoms. The highest BCUT2D eigenvalue weighted by molar-refractivity contribution is 7.54. The Bertz CT molecular complexity index is 604. The van der Waals surface area contributed by atoms with Gasteiger partial charge in [-0.05, 0) is 37.5 Å². The molecule has 0 bridgehead atoms. The van der Waals surface area contributed by atoms with E-state index >= 15 is 0 Å². The Morgan fingerprint density at radius 1 is 1.00 bits per heavy atom. The first kappa shape index (κ1) is 25.6. The van der Waals surface area contributed by atoms with Crippen LogP contribution in [0.5, 0.6) is 5.75 Å². The van der Waals surface area contributed by atoms with E-state index < -0.39 is 19.4 Å². The highest BCUT2D eigenvalue weighted by atomic mass is 31.2. The van der Waals surface area contributed by atoms with Crippen LogP contribution in [0.1, 0.15) is 82.6 Å². The van der Waals surface area contributed by atoms with Crippen LogP contribution in [0.25, 0.3) is 0 Å². The van der Waals surface area contributed by atoms with Gasteiger partial charge < -0.3 is 18.5 Å². The van der Waals surface area contributed by atoms with Gasteiger partial charge in [0.1, 0.15) is 5.75 Å². The quantitative estimate of drug-likeness (QED) is 0.422. The van der Waals surface area contributed by atoms with Crippen LogP contribution in [0.3, 0.4) is 0 Å². The molecule has 0 aromatic heterocycles. The molecule has 1 heterocycles. The van der Waals surface area contributed by atoms with Crippen molar-refractivity contribution in [3.8, 4) is 5.75 Å². The average Bonchev–Trinajstić information content (AvgIpc) is 3.05. The topological polar surface area (TPSA) is 71.1 Å². The molecule has 1 fully saturated rings. The Morgan fingerprint density at radius 3 is 2.00 bits per heavy atom. The lowest BCUT2D eigenvalue weighted by molar-refractivity contribution is 0.0456. The minimum absolute atomic E-state index is 0.219. The highest BCUT2D eigenvalue weighted by Gasteiger charge is 2.46. The van der Waals surface area contributed by atoms with Crippen LogP contribution in [-0.2, 0) is 18.3 Å². The maximum absolute atomic E-state index is 12.5. The standard InChI is InChI=1S/C14H17O6P.3C2H6/c1-17-21(16,18-2)14-12-8-10(19-9-4-3-5-9)6-7-11(12)13(15)20-14;3*1-2/h6-9,14H,3-5H2,1-2H3;3*1-2H3. The van der Waals surface area contributed by atoms with Gasteiger partial charge in [0.2, 0.25) is 5.85 Å². The molecule has 3 rings (SSSR count). The summed E-state index contributed by atoms with van der Waals surface area (Å²) in [5.74, 6) is -0.931. The number of carbonyl (C=O) groups is 1. The SMILES string of the molecule is CC.CC.CC.COP(=O)(OC)C1OC(=O)c2ccc(OC3CCC3)cc21. The fraction of sp³-hybridized carbons (Fsp3) is 0.650. The molecule has 27 heavy (non-hydrogen) atoms. The summed E-state index contributed by atoms with van der Waals surface area (Å²) >= 11 is 0. The molecule has 1 aliphatic carbocycles. The first-order chi connectivity index (χ1) is 13.1. The van der Waals surface area contributed by atoms with Gasteiger partial charge in [-0.15, -0.1) is 0 Å². The third-order valence-corrected chi connectivity index (χ3v) is 5.85. The molecule has 1 aliphatic heterocycles. The molecular weight excluding hydrogens is 367 g/mol. The van der Waals surface area contributed by atoms with E-state index in [0.717, 1.165) is 12.8 Å². The van der Waals surface area contributed by atoms with Crippen molar-refractivity contribution >= 4 is 13.6 Å². The van der Waals surface area contributed by atoms with E-state index in [-0.39, 0.29) is 6.10 Å². The number of cyclic esters (lactones) is 1. The summed E-state index contributed by atoms with van der Waals surface area (Å²) in [6.45, 7) is 12.0. The van der Waals surface area contributed by atoms with E-state index in [1.807, 2.05) is 41.5 Å². The molecule has 1 aromatic carbocycles. The Morgan fingerprint density at radius 2 is 1.56 bits per heavy atom. The van der Waals surface area contributed by atoms with Crippen molar-refractivity contribution in [2.75, 3.05) is 14.2 Å². The van der Waals surface area contributed by atoms with E-state index in [1.54, 1.807) is 18.2 Å². The number of fused-ring (bicyclic) bond motifs is 1. The maximum Gasteiger partial charge on any atom is 0.375 e. The fourth-order valence-electron chi connectivity index (χ4n) is 2.41. The number of hydrogen-bond donors (Lipinski definition) is 0. The molecule has 6 nitrogen and oxygen atoms in total. The van der Waals surface area contributed by atoms with Crippen LogP contribution < -0.4 is 4.74 Å². The van der Waals surface area contributed by atoms with E-state index in [2.05, 4.69) is 0 Å². The maximum atomic E-state index is 12.5. The Balaban J connectivity index is 0.00000103. The summed E-state index contributed by atoms with van der Waals surface area (Å²) in [6.07, 6.45) is 3.45. The van der Waals surface area contributed by atoms with E-state index in [1.165, 1.54) is 20.6 Å². The van der Waals surface area contributed by atoms with Crippen LogP contribution in [0.4, 0.5) is 0 Å². The summed E-state index contributed by atoms with van der Waals surface area (Å²) in [5.41, 5.74) is 0.860. The molecule has 0 amide bonds. The van der Waals surface area contributed by atoms with Crippen LogP contribution in [0, 0.1) is 0 Å². The van der Waals surface area contributed by atoms with E-state index in [4.69, 9.17) is 18.5 Å². The summed E-state index contributed by atoms with van der Waals surface area (Å²) in [5, 5.41) is 0. The first-order valence-corrected chi connectivity index (χ1v) is 11.4. The lowest BCUT2D eigenvalue weighted by Gasteiger charge is -2.26. The molecule has 0 saturated heterocycles. The van der Waals surface area contributed by atoms with Crippen molar-refractivity contribution in [2.45, 2.75) is 72.8 Å². The number of carbonyl (C=O) groups excluding carboxylic acids is 1. The molecule has 156 valence electrons. The van der Waals surface area contributed by atoms with Gasteiger partial charge in [-0.3, -0.25) is 4.57 Å². The Hall–Kier alpha value is -1.36. The van der Waals surface area contributed by atoms with Crippen molar-refractivity contribution in [1.82, 2.24) is 0 Å². The number of benzene rings is 1. The molecule has 0 N–H and O–H groups in total. The minimum Gasteiger partial charge on any atom is -0.490 e. The lowest BCUT2D eigenvalue weighted by atomic mass is 9.96. The van der Waals surface area contributed by atoms with Gasteiger partial charge in [-0.25, -0.2) is 4.79 Å². The largest absolute Gasteiger partial charge is 0.490 e.